The van der Waals surface area contributed by atoms with Gasteiger partial charge in [-0.05, 0) is 43.5 Å². The summed E-state index contributed by atoms with van der Waals surface area (Å²) in [6, 6.07) is 5.74. The van der Waals surface area contributed by atoms with E-state index in [1.54, 1.807) is 0 Å². The summed E-state index contributed by atoms with van der Waals surface area (Å²) in [5.74, 6) is 0.262. The van der Waals surface area contributed by atoms with Crippen molar-refractivity contribution in [1.29, 1.82) is 0 Å². The molecule has 0 bridgehead atoms. The lowest BCUT2D eigenvalue weighted by atomic mass is 10.2. The second-order valence-electron chi connectivity index (χ2n) is 4.08. The van der Waals surface area contributed by atoms with E-state index < -0.39 is 10.0 Å². The third kappa shape index (κ3) is 2.40. The molecule has 0 aliphatic carbocycles. The molecule has 1 heterocycles. The molecule has 16 heavy (non-hydrogen) atoms. The van der Waals surface area contributed by atoms with Crippen molar-refractivity contribution in [1.82, 2.24) is 0 Å². The molecule has 0 radical (unpaired) electrons. The highest BCUT2D eigenvalue weighted by Gasteiger charge is 2.26. The first-order chi connectivity index (χ1) is 7.49. The number of nitrogens with zero attached hydrogens (tertiary/aromatic N) is 1. The van der Waals surface area contributed by atoms with Gasteiger partial charge in [0.1, 0.15) is 0 Å². The summed E-state index contributed by atoms with van der Waals surface area (Å²) in [4.78, 5) is 0. The van der Waals surface area contributed by atoms with Crippen molar-refractivity contribution < 1.29 is 8.42 Å². The van der Waals surface area contributed by atoms with Crippen LogP contribution in [0.4, 0.5) is 5.69 Å². The van der Waals surface area contributed by atoms with Gasteiger partial charge in [0.2, 0.25) is 10.0 Å². The summed E-state index contributed by atoms with van der Waals surface area (Å²) < 4.78 is 26.3. The lowest BCUT2D eigenvalue weighted by Gasteiger charge is -2.28. The van der Waals surface area contributed by atoms with Crippen LogP contribution < -0.4 is 4.31 Å². The van der Waals surface area contributed by atoms with E-state index in [1.807, 2.05) is 25.1 Å². The number of hydrogen-bond donors (Lipinski definition) is 0. The minimum Gasteiger partial charge on any atom is -0.270 e. The monoisotopic (exact) mass is 303 g/mol. The fourth-order valence-electron chi connectivity index (χ4n) is 1.94. The summed E-state index contributed by atoms with van der Waals surface area (Å²) in [7, 11) is -3.10. The Morgan fingerprint density at radius 3 is 2.62 bits per heavy atom. The molecule has 1 saturated heterocycles. The number of anilines is 1. The van der Waals surface area contributed by atoms with Crippen molar-refractivity contribution >= 4 is 31.6 Å². The minimum atomic E-state index is -3.10. The molecule has 1 aliphatic rings. The smallest absolute Gasteiger partial charge is 0.235 e. The van der Waals surface area contributed by atoms with Crippen LogP contribution in [0.25, 0.3) is 0 Å². The topological polar surface area (TPSA) is 37.4 Å². The van der Waals surface area contributed by atoms with Gasteiger partial charge in [0, 0.05) is 11.0 Å². The van der Waals surface area contributed by atoms with E-state index in [1.165, 1.54) is 4.31 Å². The maximum Gasteiger partial charge on any atom is 0.235 e. The highest BCUT2D eigenvalue weighted by Crippen LogP contribution is 2.27. The number of halogens is 1. The highest BCUT2D eigenvalue weighted by molar-refractivity contribution is 9.10. The maximum atomic E-state index is 11.9. The molecular weight excluding hydrogens is 290 g/mol. The Balaban J connectivity index is 2.43. The molecule has 3 nitrogen and oxygen atoms in total. The number of rotatable bonds is 1. The van der Waals surface area contributed by atoms with E-state index in [0.29, 0.717) is 6.54 Å². The van der Waals surface area contributed by atoms with Gasteiger partial charge in [-0.2, -0.15) is 0 Å². The third-order valence-corrected chi connectivity index (χ3v) is 4.99. The predicted molar refractivity (Wildman–Crippen MR) is 69.2 cm³/mol. The second-order valence-corrected chi connectivity index (χ2v) is 7.01. The zero-order valence-electron chi connectivity index (χ0n) is 9.11. The minimum absolute atomic E-state index is 0.262. The quantitative estimate of drug-likeness (QED) is 0.800. The Morgan fingerprint density at radius 1 is 1.25 bits per heavy atom. The van der Waals surface area contributed by atoms with Crippen LogP contribution in [-0.2, 0) is 10.0 Å². The fraction of sp³-hybridized carbons (Fsp3) is 0.455. The summed E-state index contributed by atoms with van der Waals surface area (Å²) in [5.41, 5.74) is 1.83. The fourth-order valence-corrected chi connectivity index (χ4v) is 4.16. The van der Waals surface area contributed by atoms with Crippen molar-refractivity contribution in [2.24, 2.45) is 0 Å². The van der Waals surface area contributed by atoms with E-state index in [0.717, 1.165) is 28.6 Å². The van der Waals surface area contributed by atoms with Crippen LogP contribution in [0, 0.1) is 6.92 Å². The number of sulfonamides is 1. The average Bonchev–Trinajstić information content (AvgIpc) is 2.15. The first-order valence-electron chi connectivity index (χ1n) is 5.27. The summed E-state index contributed by atoms with van der Waals surface area (Å²) in [6.07, 6.45) is 1.70. The molecule has 1 aromatic carbocycles. The van der Waals surface area contributed by atoms with Gasteiger partial charge in [-0.3, -0.25) is 4.31 Å². The van der Waals surface area contributed by atoms with Gasteiger partial charge in [-0.25, -0.2) is 8.42 Å². The summed E-state index contributed by atoms with van der Waals surface area (Å²) in [5, 5.41) is 0. The molecule has 88 valence electrons. The molecule has 1 aliphatic heterocycles. The normalized spacial score (nSPS) is 19.8. The van der Waals surface area contributed by atoms with Gasteiger partial charge in [0.25, 0.3) is 0 Å². The molecule has 0 saturated carbocycles. The van der Waals surface area contributed by atoms with E-state index >= 15 is 0 Å². The lowest BCUT2D eigenvalue weighted by molar-refractivity contribution is 0.574. The molecule has 0 spiro atoms. The molecule has 0 N–H and O–H groups in total. The van der Waals surface area contributed by atoms with Gasteiger partial charge in [0.05, 0.1) is 11.4 Å². The van der Waals surface area contributed by atoms with Gasteiger partial charge in [-0.15, -0.1) is 0 Å². The number of hydrogen-bond acceptors (Lipinski definition) is 2. The van der Waals surface area contributed by atoms with Crippen LogP contribution in [0.5, 0.6) is 0 Å². The molecule has 5 heteroatoms. The van der Waals surface area contributed by atoms with Gasteiger partial charge in [-0.1, -0.05) is 15.9 Å². The van der Waals surface area contributed by atoms with Crippen molar-refractivity contribution in [3.05, 3.63) is 28.2 Å². The highest BCUT2D eigenvalue weighted by atomic mass is 79.9. The van der Waals surface area contributed by atoms with Crippen molar-refractivity contribution in [2.45, 2.75) is 19.8 Å². The molecule has 2 rings (SSSR count). The van der Waals surface area contributed by atoms with Gasteiger partial charge >= 0.3 is 0 Å². The number of benzene rings is 1. The maximum absolute atomic E-state index is 11.9. The zero-order chi connectivity index (χ0) is 11.8. The van der Waals surface area contributed by atoms with Crippen LogP contribution >= 0.6 is 15.9 Å². The van der Waals surface area contributed by atoms with E-state index in [4.69, 9.17) is 0 Å². The Hall–Kier alpha value is -0.550. The van der Waals surface area contributed by atoms with Gasteiger partial charge < -0.3 is 0 Å². The molecule has 0 atom stereocenters. The zero-order valence-corrected chi connectivity index (χ0v) is 11.5. The lowest BCUT2D eigenvalue weighted by Crippen LogP contribution is -2.37. The van der Waals surface area contributed by atoms with E-state index in [2.05, 4.69) is 15.9 Å². The van der Waals surface area contributed by atoms with Crippen molar-refractivity contribution in [3.8, 4) is 0 Å². The van der Waals surface area contributed by atoms with Crippen molar-refractivity contribution in [2.75, 3.05) is 16.6 Å². The molecule has 0 unspecified atom stereocenters. The Kier molecular flexibility index (Phi) is 3.26. The van der Waals surface area contributed by atoms with Crippen LogP contribution in [0.15, 0.2) is 22.7 Å². The van der Waals surface area contributed by atoms with E-state index in [-0.39, 0.29) is 5.75 Å². The average molecular weight is 304 g/mol. The van der Waals surface area contributed by atoms with Gasteiger partial charge in [0.15, 0.2) is 0 Å². The molecule has 1 aromatic rings. The molecule has 0 amide bonds. The van der Waals surface area contributed by atoms with Crippen LogP contribution in [-0.4, -0.2) is 20.7 Å². The third-order valence-electron chi connectivity index (χ3n) is 2.66. The first kappa shape index (κ1) is 11.9. The molecule has 1 fully saturated rings. The Bertz CT molecular complexity index is 478. The Labute approximate surface area is 105 Å². The molecule has 0 aromatic heterocycles. The summed E-state index contributed by atoms with van der Waals surface area (Å²) in [6.45, 7) is 2.56. The van der Waals surface area contributed by atoms with E-state index in [9.17, 15) is 8.42 Å². The first-order valence-corrected chi connectivity index (χ1v) is 7.67. The largest absolute Gasteiger partial charge is 0.270 e. The second kappa shape index (κ2) is 4.37. The SMILES string of the molecule is Cc1cc(Br)cc(N2CCCCS2(=O)=O)c1. The van der Waals surface area contributed by atoms with Crippen LogP contribution in [0.3, 0.4) is 0 Å². The summed E-state index contributed by atoms with van der Waals surface area (Å²) >= 11 is 3.40. The van der Waals surface area contributed by atoms with Crippen LogP contribution in [0.1, 0.15) is 18.4 Å². The van der Waals surface area contributed by atoms with Crippen LogP contribution in [0.2, 0.25) is 0 Å². The standard InChI is InChI=1S/C11H14BrNO2S/c1-9-6-10(12)8-11(7-9)13-4-2-3-5-16(13,14)15/h6-8H,2-5H2,1H3. The number of aryl methyl sites for hydroxylation is 1. The van der Waals surface area contributed by atoms with Crippen molar-refractivity contribution in [3.63, 3.8) is 0 Å². The molecular formula is C11H14BrNO2S. The Morgan fingerprint density at radius 2 is 2.00 bits per heavy atom. The predicted octanol–water partition coefficient (Wildman–Crippen LogP) is 2.69.